The van der Waals surface area contributed by atoms with Gasteiger partial charge in [0.2, 0.25) is 0 Å². The van der Waals surface area contributed by atoms with Crippen LogP contribution in [0, 0.1) is 5.92 Å². The molecule has 2 rings (SSSR count). The molecular weight excluding hydrogens is 264 g/mol. The summed E-state index contributed by atoms with van der Waals surface area (Å²) >= 11 is 0. The lowest BCUT2D eigenvalue weighted by Crippen LogP contribution is -2.40. The molecule has 1 aromatic heterocycles. The number of nitrogen functional groups attached to an aromatic ring is 1. The molecule has 5 heteroatoms. The highest BCUT2D eigenvalue weighted by Gasteiger charge is 2.24. The third-order valence-electron chi connectivity index (χ3n) is 4.03. The molecule has 0 atom stereocenters. The van der Waals surface area contributed by atoms with Crippen molar-refractivity contribution in [2.24, 2.45) is 5.92 Å². The van der Waals surface area contributed by atoms with E-state index in [0.717, 1.165) is 44.6 Å². The van der Waals surface area contributed by atoms with Gasteiger partial charge in [-0.05, 0) is 51.4 Å². The summed E-state index contributed by atoms with van der Waals surface area (Å²) in [6.45, 7) is 4.79. The van der Waals surface area contributed by atoms with Crippen molar-refractivity contribution in [2.75, 3.05) is 39.5 Å². The molecule has 0 aromatic carbocycles. The Balaban J connectivity index is 2.00. The maximum Gasteiger partial charge on any atom is 0.254 e. The van der Waals surface area contributed by atoms with Crippen LogP contribution in [0.15, 0.2) is 12.1 Å². The van der Waals surface area contributed by atoms with E-state index >= 15 is 0 Å². The first-order chi connectivity index (χ1) is 9.99. The Morgan fingerprint density at radius 2 is 2.05 bits per heavy atom. The van der Waals surface area contributed by atoms with Crippen molar-refractivity contribution in [1.82, 2.24) is 14.8 Å². The smallest absolute Gasteiger partial charge is 0.254 e. The van der Waals surface area contributed by atoms with Gasteiger partial charge in [0.25, 0.3) is 5.91 Å². The van der Waals surface area contributed by atoms with E-state index in [1.165, 1.54) is 0 Å². The molecule has 0 spiro atoms. The number of aromatic nitrogens is 1. The summed E-state index contributed by atoms with van der Waals surface area (Å²) in [4.78, 5) is 21.0. The van der Waals surface area contributed by atoms with Gasteiger partial charge in [-0.25, -0.2) is 4.98 Å². The van der Waals surface area contributed by atoms with Gasteiger partial charge in [0.05, 0.1) is 0 Å². The van der Waals surface area contributed by atoms with Crippen LogP contribution >= 0.6 is 0 Å². The summed E-state index contributed by atoms with van der Waals surface area (Å²) in [5.74, 6) is 1.21. The Bertz CT molecular complexity index is 493. The van der Waals surface area contributed by atoms with E-state index in [1.807, 2.05) is 17.9 Å². The van der Waals surface area contributed by atoms with Crippen LogP contribution in [0.1, 0.15) is 35.8 Å². The zero-order chi connectivity index (χ0) is 15.4. The Labute approximate surface area is 127 Å². The summed E-state index contributed by atoms with van der Waals surface area (Å²) < 4.78 is 0. The average Bonchev–Trinajstić information content (AvgIpc) is 2.46. The number of nitrogens with zero attached hydrogens (tertiary/aromatic N) is 3. The molecule has 116 valence electrons. The van der Waals surface area contributed by atoms with E-state index < -0.39 is 0 Å². The van der Waals surface area contributed by atoms with Gasteiger partial charge < -0.3 is 15.5 Å². The predicted molar refractivity (Wildman–Crippen MR) is 85.2 cm³/mol. The maximum atomic E-state index is 12.6. The molecule has 1 fully saturated rings. The topological polar surface area (TPSA) is 62.5 Å². The van der Waals surface area contributed by atoms with E-state index in [-0.39, 0.29) is 5.91 Å². The van der Waals surface area contributed by atoms with Gasteiger partial charge in [-0.2, -0.15) is 0 Å². The van der Waals surface area contributed by atoms with Gasteiger partial charge in [0.1, 0.15) is 5.82 Å². The molecule has 0 unspecified atom stereocenters. The third-order valence-corrected chi connectivity index (χ3v) is 4.03. The molecule has 0 saturated carbocycles. The highest BCUT2D eigenvalue weighted by atomic mass is 16.2. The van der Waals surface area contributed by atoms with Crippen molar-refractivity contribution in [3.05, 3.63) is 23.4 Å². The molecule has 0 aliphatic carbocycles. The Hall–Kier alpha value is -1.62. The van der Waals surface area contributed by atoms with Crippen molar-refractivity contribution in [3.63, 3.8) is 0 Å². The molecule has 1 aliphatic rings. The number of anilines is 1. The third kappa shape index (κ3) is 4.17. The van der Waals surface area contributed by atoms with E-state index in [0.29, 0.717) is 17.3 Å². The molecule has 0 radical (unpaired) electrons. The number of likely N-dealkylation sites (tertiary alicyclic amines) is 1. The van der Waals surface area contributed by atoms with Crippen LogP contribution in [0.25, 0.3) is 0 Å². The fourth-order valence-corrected chi connectivity index (χ4v) is 2.93. The maximum absolute atomic E-state index is 12.6. The Kier molecular flexibility index (Phi) is 5.17. The lowest BCUT2D eigenvalue weighted by molar-refractivity contribution is 0.0678. The molecule has 1 aliphatic heterocycles. The SMILES string of the molecule is CCc1cc(C(=O)N2CCC(CN(C)C)CC2)cc(N)n1. The molecular formula is C16H26N4O. The zero-order valence-electron chi connectivity index (χ0n) is 13.3. The monoisotopic (exact) mass is 290 g/mol. The standard InChI is InChI=1S/C16H26N4O/c1-4-14-9-13(10-15(17)18-14)16(21)20-7-5-12(6-8-20)11-19(2)3/h9-10,12H,4-8,11H2,1-3H3,(H2,17,18). The summed E-state index contributed by atoms with van der Waals surface area (Å²) in [6.07, 6.45) is 2.94. The average molecular weight is 290 g/mol. The van der Waals surface area contributed by atoms with Crippen LogP contribution < -0.4 is 5.73 Å². The molecule has 2 N–H and O–H groups in total. The van der Waals surface area contributed by atoms with Gasteiger partial charge in [-0.3, -0.25) is 4.79 Å². The zero-order valence-corrected chi connectivity index (χ0v) is 13.3. The molecule has 1 saturated heterocycles. The van der Waals surface area contributed by atoms with Gasteiger partial charge >= 0.3 is 0 Å². The number of carbonyl (C=O) groups excluding carboxylic acids is 1. The highest BCUT2D eigenvalue weighted by Crippen LogP contribution is 2.20. The second-order valence-corrected chi connectivity index (χ2v) is 6.12. The summed E-state index contributed by atoms with van der Waals surface area (Å²) in [5, 5.41) is 0. The second-order valence-electron chi connectivity index (χ2n) is 6.12. The minimum absolute atomic E-state index is 0.0853. The van der Waals surface area contributed by atoms with Crippen LogP contribution in [0.5, 0.6) is 0 Å². The Morgan fingerprint density at radius 1 is 1.38 bits per heavy atom. The molecule has 21 heavy (non-hydrogen) atoms. The summed E-state index contributed by atoms with van der Waals surface area (Å²) in [7, 11) is 4.20. The fraction of sp³-hybridized carbons (Fsp3) is 0.625. The lowest BCUT2D eigenvalue weighted by atomic mass is 9.96. The highest BCUT2D eigenvalue weighted by molar-refractivity contribution is 5.95. The fourth-order valence-electron chi connectivity index (χ4n) is 2.93. The van der Waals surface area contributed by atoms with Crippen LogP contribution in [0.2, 0.25) is 0 Å². The predicted octanol–water partition coefficient (Wildman–Crippen LogP) is 1.64. The summed E-state index contributed by atoms with van der Waals surface area (Å²) in [5.41, 5.74) is 7.34. The molecule has 5 nitrogen and oxygen atoms in total. The van der Waals surface area contributed by atoms with Crippen molar-refractivity contribution >= 4 is 11.7 Å². The summed E-state index contributed by atoms with van der Waals surface area (Å²) in [6, 6.07) is 3.55. The first kappa shape index (κ1) is 15.8. The number of hydrogen-bond acceptors (Lipinski definition) is 4. The quantitative estimate of drug-likeness (QED) is 0.915. The molecule has 0 bridgehead atoms. The van der Waals surface area contributed by atoms with Crippen LogP contribution in [-0.4, -0.2) is 54.4 Å². The van der Waals surface area contributed by atoms with Gasteiger partial charge in [-0.1, -0.05) is 6.92 Å². The van der Waals surface area contributed by atoms with Gasteiger partial charge in [0, 0.05) is 30.9 Å². The van der Waals surface area contributed by atoms with Gasteiger partial charge in [0.15, 0.2) is 0 Å². The van der Waals surface area contributed by atoms with Crippen molar-refractivity contribution < 1.29 is 4.79 Å². The van der Waals surface area contributed by atoms with Crippen LogP contribution in [0.3, 0.4) is 0 Å². The normalized spacial score (nSPS) is 16.5. The second kappa shape index (κ2) is 6.89. The van der Waals surface area contributed by atoms with Crippen LogP contribution in [-0.2, 0) is 6.42 Å². The lowest BCUT2D eigenvalue weighted by Gasteiger charge is -2.33. The first-order valence-corrected chi connectivity index (χ1v) is 7.70. The van der Waals surface area contributed by atoms with Crippen molar-refractivity contribution in [1.29, 1.82) is 0 Å². The van der Waals surface area contributed by atoms with E-state index in [2.05, 4.69) is 24.0 Å². The molecule has 1 amide bonds. The minimum Gasteiger partial charge on any atom is -0.384 e. The largest absolute Gasteiger partial charge is 0.384 e. The number of piperidine rings is 1. The van der Waals surface area contributed by atoms with Crippen molar-refractivity contribution in [2.45, 2.75) is 26.2 Å². The number of hydrogen-bond donors (Lipinski definition) is 1. The molecule has 1 aromatic rings. The van der Waals surface area contributed by atoms with Crippen LogP contribution in [0.4, 0.5) is 5.82 Å². The van der Waals surface area contributed by atoms with E-state index in [1.54, 1.807) is 6.07 Å². The number of nitrogens with two attached hydrogens (primary N) is 1. The Morgan fingerprint density at radius 3 is 2.62 bits per heavy atom. The van der Waals surface area contributed by atoms with Gasteiger partial charge in [-0.15, -0.1) is 0 Å². The van der Waals surface area contributed by atoms with E-state index in [4.69, 9.17) is 5.73 Å². The van der Waals surface area contributed by atoms with Crippen molar-refractivity contribution in [3.8, 4) is 0 Å². The number of pyridine rings is 1. The van der Waals surface area contributed by atoms with E-state index in [9.17, 15) is 4.79 Å². The number of aryl methyl sites for hydroxylation is 1. The first-order valence-electron chi connectivity index (χ1n) is 7.70. The number of rotatable bonds is 4. The number of carbonyl (C=O) groups is 1. The molecule has 2 heterocycles. The minimum atomic E-state index is 0.0853. The number of amides is 1.